The predicted molar refractivity (Wildman–Crippen MR) is 114 cm³/mol. The van der Waals surface area contributed by atoms with Gasteiger partial charge in [0, 0.05) is 19.1 Å². The van der Waals surface area contributed by atoms with E-state index in [1.54, 1.807) is 0 Å². The zero-order valence-electron chi connectivity index (χ0n) is 16.7. The summed E-state index contributed by atoms with van der Waals surface area (Å²) in [7, 11) is 0. The van der Waals surface area contributed by atoms with Crippen molar-refractivity contribution in [2.45, 2.75) is 57.5 Å². The summed E-state index contributed by atoms with van der Waals surface area (Å²) in [5.41, 5.74) is 7.07. The van der Waals surface area contributed by atoms with E-state index in [1.165, 1.54) is 0 Å². The van der Waals surface area contributed by atoms with Crippen molar-refractivity contribution in [3.8, 4) is 0 Å². The third-order valence-electron chi connectivity index (χ3n) is 6.67. The zero-order chi connectivity index (χ0) is 19.2. The number of benzene rings is 1. The Morgan fingerprint density at radius 1 is 1.25 bits per heavy atom. The van der Waals surface area contributed by atoms with Gasteiger partial charge in [-0.15, -0.1) is 12.4 Å². The molecule has 7 heteroatoms. The molecular weight excluding hydrogens is 376 g/mol. The minimum Gasteiger partial charge on any atom is -0.327 e. The first kappa shape index (κ1) is 21.1. The fraction of sp³-hybridized carbons (Fsp3) is 0.619. The van der Waals surface area contributed by atoms with Gasteiger partial charge in [0.05, 0.1) is 17.9 Å². The minimum absolute atomic E-state index is 0. The topological polar surface area (TPSA) is 78.7 Å². The summed E-state index contributed by atoms with van der Waals surface area (Å²) >= 11 is 0. The number of anilines is 2. The highest BCUT2D eigenvalue weighted by Crippen LogP contribution is 2.45. The SMILES string of the molecule is CC1(C)CN(CC(=O)N2c3ccccc3NC(=O)C23CCCC3)CCC1N.Cl. The van der Waals surface area contributed by atoms with Crippen molar-refractivity contribution in [3.63, 3.8) is 0 Å². The van der Waals surface area contributed by atoms with Crippen LogP contribution in [0, 0.1) is 5.41 Å². The summed E-state index contributed by atoms with van der Waals surface area (Å²) in [6, 6.07) is 7.80. The van der Waals surface area contributed by atoms with E-state index < -0.39 is 5.54 Å². The zero-order valence-corrected chi connectivity index (χ0v) is 17.6. The Bertz CT molecular complexity index is 761. The maximum atomic E-state index is 13.5. The highest BCUT2D eigenvalue weighted by atomic mass is 35.5. The largest absolute Gasteiger partial charge is 0.327 e. The van der Waals surface area contributed by atoms with Crippen LogP contribution >= 0.6 is 12.4 Å². The van der Waals surface area contributed by atoms with Gasteiger partial charge in [-0.1, -0.05) is 38.8 Å². The summed E-state index contributed by atoms with van der Waals surface area (Å²) in [6.07, 6.45) is 4.31. The predicted octanol–water partition coefficient (Wildman–Crippen LogP) is 2.77. The third-order valence-corrected chi connectivity index (χ3v) is 6.67. The number of para-hydroxylation sites is 2. The van der Waals surface area contributed by atoms with Crippen LogP contribution in [0.1, 0.15) is 46.0 Å². The van der Waals surface area contributed by atoms with Gasteiger partial charge in [0.15, 0.2) is 0 Å². The molecule has 2 fully saturated rings. The van der Waals surface area contributed by atoms with Crippen molar-refractivity contribution in [1.29, 1.82) is 0 Å². The number of hydrogen-bond donors (Lipinski definition) is 2. The van der Waals surface area contributed by atoms with E-state index in [0.29, 0.717) is 6.54 Å². The van der Waals surface area contributed by atoms with Crippen LogP contribution in [0.3, 0.4) is 0 Å². The van der Waals surface area contributed by atoms with E-state index in [0.717, 1.165) is 56.6 Å². The first-order chi connectivity index (χ1) is 12.8. The molecule has 0 aromatic heterocycles. The Kier molecular flexibility index (Phi) is 5.76. The van der Waals surface area contributed by atoms with Crippen LogP contribution in [0.4, 0.5) is 11.4 Å². The Balaban J connectivity index is 0.00000225. The lowest BCUT2D eigenvalue weighted by Crippen LogP contribution is -2.63. The normalized spacial score (nSPS) is 25.8. The Labute approximate surface area is 173 Å². The van der Waals surface area contributed by atoms with E-state index in [4.69, 9.17) is 5.73 Å². The number of halogens is 1. The van der Waals surface area contributed by atoms with Crippen LogP contribution < -0.4 is 16.0 Å². The smallest absolute Gasteiger partial charge is 0.250 e. The maximum Gasteiger partial charge on any atom is 0.250 e. The summed E-state index contributed by atoms with van der Waals surface area (Å²) in [4.78, 5) is 30.5. The van der Waals surface area contributed by atoms with Gasteiger partial charge in [-0.25, -0.2) is 0 Å². The van der Waals surface area contributed by atoms with Gasteiger partial charge >= 0.3 is 0 Å². The Hall–Kier alpha value is -1.63. The molecule has 1 saturated heterocycles. The fourth-order valence-corrected chi connectivity index (χ4v) is 5.01. The standard InChI is InChI=1S/C21H30N4O2.ClH/c1-20(2)14-24(12-9-17(20)22)13-18(26)25-16-8-4-3-7-15(16)23-19(27)21(25)10-5-6-11-21;/h3-4,7-8,17H,5-6,9-14,22H2,1-2H3,(H,23,27);1H. The van der Waals surface area contributed by atoms with Gasteiger partial charge in [0.1, 0.15) is 5.54 Å². The number of fused-ring (bicyclic) bond motifs is 1. The summed E-state index contributed by atoms with van der Waals surface area (Å²) in [6.45, 7) is 6.28. The first-order valence-electron chi connectivity index (χ1n) is 10.0. The summed E-state index contributed by atoms with van der Waals surface area (Å²) < 4.78 is 0. The lowest BCUT2D eigenvalue weighted by molar-refractivity contribution is -0.128. The van der Waals surface area contributed by atoms with Crippen molar-refractivity contribution in [3.05, 3.63) is 24.3 Å². The van der Waals surface area contributed by atoms with Crippen molar-refractivity contribution in [2.24, 2.45) is 11.1 Å². The quantitative estimate of drug-likeness (QED) is 0.791. The molecular formula is C21H31ClN4O2. The molecule has 1 saturated carbocycles. The molecule has 1 aliphatic carbocycles. The number of rotatable bonds is 2. The van der Waals surface area contributed by atoms with Crippen molar-refractivity contribution in [1.82, 2.24) is 4.90 Å². The molecule has 1 aromatic carbocycles. The monoisotopic (exact) mass is 406 g/mol. The van der Waals surface area contributed by atoms with Gasteiger partial charge < -0.3 is 11.1 Å². The number of piperidine rings is 1. The van der Waals surface area contributed by atoms with Crippen molar-refractivity contribution < 1.29 is 9.59 Å². The minimum atomic E-state index is -0.729. The van der Waals surface area contributed by atoms with Crippen LogP contribution in [-0.2, 0) is 9.59 Å². The second-order valence-electron chi connectivity index (χ2n) is 9.03. The molecule has 1 atom stereocenters. The Morgan fingerprint density at radius 3 is 2.61 bits per heavy atom. The van der Waals surface area contributed by atoms with E-state index in [9.17, 15) is 9.59 Å². The number of nitrogens with one attached hydrogen (secondary N) is 1. The molecule has 3 N–H and O–H groups in total. The molecule has 0 bridgehead atoms. The van der Waals surface area contributed by atoms with Crippen molar-refractivity contribution >= 4 is 35.6 Å². The molecule has 2 aliphatic heterocycles. The molecule has 1 aromatic rings. The lowest BCUT2D eigenvalue weighted by Gasteiger charge is -2.46. The number of amides is 2. The van der Waals surface area contributed by atoms with Crippen LogP contribution in [0.2, 0.25) is 0 Å². The highest BCUT2D eigenvalue weighted by molar-refractivity contribution is 6.15. The molecule has 2 amide bonds. The number of carbonyl (C=O) groups excluding carboxylic acids is 2. The summed E-state index contributed by atoms with van der Waals surface area (Å²) in [5.74, 6) is -0.0153. The molecule has 4 rings (SSSR count). The number of carbonyl (C=O) groups is 2. The number of likely N-dealkylation sites (tertiary alicyclic amines) is 1. The molecule has 0 radical (unpaired) electrons. The maximum absolute atomic E-state index is 13.5. The molecule has 1 unspecified atom stereocenters. The van der Waals surface area contributed by atoms with Crippen LogP contribution in [0.5, 0.6) is 0 Å². The van der Waals surface area contributed by atoms with Crippen molar-refractivity contribution in [2.75, 3.05) is 29.9 Å². The summed E-state index contributed by atoms with van der Waals surface area (Å²) in [5, 5.41) is 3.04. The molecule has 1 spiro atoms. The fourth-order valence-electron chi connectivity index (χ4n) is 5.01. The number of nitrogens with two attached hydrogens (primary N) is 1. The molecule has 6 nitrogen and oxygen atoms in total. The van der Waals surface area contributed by atoms with E-state index in [-0.39, 0.29) is 35.7 Å². The van der Waals surface area contributed by atoms with Crippen LogP contribution in [0.15, 0.2) is 24.3 Å². The van der Waals surface area contributed by atoms with E-state index >= 15 is 0 Å². The van der Waals surface area contributed by atoms with E-state index in [1.807, 2.05) is 29.2 Å². The van der Waals surface area contributed by atoms with Crippen LogP contribution in [0.25, 0.3) is 0 Å². The van der Waals surface area contributed by atoms with Gasteiger partial charge in [-0.3, -0.25) is 19.4 Å². The van der Waals surface area contributed by atoms with Gasteiger partial charge in [-0.05, 0) is 36.8 Å². The molecule has 154 valence electrons. The second-order valence-corrected chi connectivity index (χ2v) is 9.03. The third kappa shape index (κ3) is 3.42. The van der Waals surface area contributed by atoms with Gasteiger partial charge in [-0.2, -0.15) is 0 Å². The lowest BCUT2D eigenvalue weighted by atomic mass is 9.79. The van der Waals surface area contributed by atoms with Gasteiger partial charge in [0.25, 0.3) is 5.91 Å². The second kappa shape index (κ2) is 7.65. The average Bonchev–Trinajstić information content (AvgIpc) is 3.09. The van der Waals surface area contributed by atoms with Gasteiger partial charge in [0.2, 0.25) is 5.91 Å². The highest BCUT2D eigenvalue weighted by Gasteiger charge is 2.52. The average molecular weight is 407 g/mol. The number of nitrogens with zero attached hydrogens (tertiary/aromatic N) is 2. The Morgan fingerprint density at radius 2 is 1.93 bits per heavy atom. The van der Waals surface area contributed by atoms with E-state index in [2.05, 4.69) is 24.1 Å². The van der Waals surface area contributed by atoms with Crippen LogP contribution in [-0.4, -0.2) is 47.9 Å². The molecule has 3 aliphatic rings. The molecule has 28 heavy (non-hydrogen) atoms. The number of hydrogen-bond acceptors (Lipinski definition) is 4. The molecule has 2 heterocycles. The first-order valence-corrected chi connectivity index (χ1v) is 10.0.